The molecule has 0 spiro atoms. The Labute approximate surface area is 123 Å². The standard InChI is InChI=1S/C15H15N3O.ClH/c19-14-8-4-1-5-11(14)9-16-10-15-17-12-6-2-3-7-13(12)18-15;/h1-8,16,19H,9-10H2,(H,17,18);1H. The fourth-order valence-electron chi connectivity index (χ4n) is 2.07. The number of H-pyrrole nitrogens is 1. The van der Waals surface area contributed by atoms with E-state index in [0.717, 1.165) is 22.4 Å². The number of aromatic amines is 1. The van der Waals surface area contributed by atoms with Gasteiger partial charge in [-0.3, -0.25) is 0 Å². The number of fused-ring (bicyclic) bond motifs is 1. The van der Waals surface area contributed by atoms with Gasteiger partial charge in [0.05, 0.1) is 17.6 Å². The molecule has 0 amide bonds. The van der Waals surface area contributed by atoms with Crippen LogP contribution in [0.2, 0.25) is 0 Å². The minimum absolute atomic E-state index is 0. The Balaban J connectivity index is 0.00000147. The van der Waals surface area contributed by atoms with Gasteiger partial charge in [-0.15, -0.1) is 12.4 Å². The second kappa shape index (κ2) is 6.41. The summed E-state index contributed by atoms with van der Waals surface area (Å²) in [5.74, 6) is 1.22. The van der Waals surface area contributed by atoms with E-state index < -0.39 is 0 Å². The number of aromatic nitrogens is 2. The van der Waals surface area contributed by atoms with Gasteiger partial charge in [-0.1, -0.05) is 30.3 Å². The third-order valence-electron chi connectivity index (χ3n) is 3.04. The van der Waals surface area contributed by atoms with Crippen molar-refractivity contribution in [3.05, 3.63) is 59.9 Å². The van der Waals surface area contributed by atoms with Crippen LogP contribution in [-0.2, 0) is 13.1 Å². The molecule has 0 aliphatic heterocycles. The van der Waals surface area contributed by atoms with Crippen LogP contribution in [0.4, 0.5) is 0 Å². The van der Waals surface area contributed by atoms with Gasteiger partial charge in [0.2, 0.25) is 0 Å². The zero-order valence-corrected chi connectivity index (χ0v) is 11.7. The number of halogens is 1. The van der Waals surface area contributed by atoms with Crippen LogP contribution < -0.4 is 5.32 Å². The molecule has 0 saturated carbocycles. The molecule has 0 saturated heterocycles. The summed E-state index contributed by atoms with van der Waals surface area (Å²) in [5.41, 5.74) is 2.90. The number of imidazole rings is 1. The Kier molecular flexibility index (Phi) is 4.61. The summed E-state index contributed by atoms with van der Waals surface area (Å²) >= 11 is 0. The molecule has 0 aliphatic rings. The lowest BCUT2D eigenvalue weighted by molar-refractivity contribution is 0.464. The van der Waals surface area contributed by atoms with E-state index in [4.69, 9.17) is 0 Å². The second-order valence-corrected chi connectivity index (χ2v) is 4.43. The topological polar surface area (TPSA) is 60.9 Å². The zero-order valence-electron chi connectivity index (χ0n) is 10.8. The Morgan fingerprint density at radius 2 is 1.75 bits per heavy atom. The zero-order chi connectivity index (χ0) is 13.1. The van der Waals surface area contributed by atoms with E-state index in [1.807, 2.05) is 42.5 Å². The number of para-hydroxylation sites is 3. The fraction of sp³-hybridized carbons (Fsp3) is 0.133. The number of benzene rings is 2. The van der Waals surface area contributed by atoms with Crippen molar-refractivity contribution in [2.75, 3.05) is 0 Å². The molecule has 20 heavy (non-hydrogen) atoms. The van der Waals surface area contributed by atoms with Gasteiger partial charge in [0.25, 0.3) is 0 Å². The molecule has 2 aromatic carbocycles. The average molecular weight is 290 g/mol. The lowest BCUT2D eigenvalue weighted by Gasteiger charge is -2.04. The van der Waals surface area contributed by atoms with Crippen molar-refractivity contribution in [2.24, 2.45) is 0 Å². The van der Waals surface area contributed by atoms with E-state index in [2.05, 4.69) is 15.3 Å². The first-order valence-electron chi connectivity index (χ1n) is 6.24. The molecule has 1 heterocycles. The van der Waals surface area contributed by atoms with Gasteiger partial charge in [0.1, 0.15) is 11.6 Å². The van der Waals surface area contributed by atoms with Crippen LogP contribution in [-0.4, -0.2) is 15.1 Å². The Morgan fingerprint density at radius 3 is 2.55 bits per heavy atom. The summed E-state index contributed by atoms with van der Waals surface area (Å²) < 4.78 is 0. The minimum atomic E-state index is 0. The minimum Gasteiger partial charge on any atom is -0.508 e. The smallest absolute Gasteiger partial charge is 0.121 e. The summed E-state index contributed by atoms with van der Waals surface area (Å²) in [7, 11) is 0. The molecule has 0 radical (unpaired) electrons. The lowest BCUT2D eigenvalue weighted by Crippen LogP contribution is -2.13. The van der Waals surface area contributed by atoms with E-state index in [1.165, 1.54) is 0 Å². The van der Waals surface area contributed by atoms with Crippen molar-refractivity contribution >= 4 is 23.4 Å². The van der Waals surface area contributed by atoms with Crippen LogP contribution in [0.1, 0.15) is 11.4 Å². The highest BCUT2D eigenvalue weighted by Gasteiger charge is 2.02. The summed E-state index contributed by atoms with van der Waals surface area (Å²) in [5, 5.41) is 12.9. The molecule has 104 valence electrons. The lowest BCUT2D eigenvalue weighted by atomic mass is 10.2. The first-order valence-corrected chi connectivity index (χ1v) is 6.24. The quantitative estimate of drug-likeness (QED) is 0.692. The number of nitrogens with zero attached hydrogens (tertiary/aromatic N) is 1. The van der Waals surface area contributed by atoms with Crippen LogP contribution in [0.5, 0.6) is 5.75 Å². The van der Waals surface area contributed by atoms with Crippen LogP contribution in [0, 0.1) is 0 Å². The Hall–Kier alpha value is -2.04. The average Bonchev–Trinajstić information content (AvgIpc) is 2.83. The molecule has 4 nitrogen and oxygen atoms in total. The van der Waals surface area contributed by atoms with Gasteiger partial charge < -0.3 is 15.4 Å². The first kappa shape index (κ1) is 14.4. The Bertz CT molecular complexity index is 663. The molecule has 0 bridgehead atoms. The summed E-state index contributed by atoms with van der Waals surface area (Å²) in [6.45, 7) is 1.26. The highest BCUT2D eigenvalue weighted by Crippen LogP contribution is 2.15. The number of nitrogens with one attached hydrogen (secondary N) is 2. The maximum atomic E-state index is 9.66. The van der Waals surface area contributed by atoms with Crippen molar-refractivity contribution in [1.29, 1.82) is 0 Å². The molecule has 3 N–H and O–H groups in total. The summed E-state index contributed by atoms with van der Waals surface area (Å²) in [4.78, 5) is 7.75. The van der Waals surface area contributed by atoms with Crippen molar-refractivity contribution in [3.8, 4) is 5.75 Å². The van der Waals surface area contributed by atoms with E-state index in [0.29, 0.717) is 18.8 Å². The van der Waals surface area contributed by atoms with Gasteiger partial charge >= 0.3 is 0 Å². The Morgan fingerprint density at radius 1 is 1.00 bits per heavy atom. The van der Waals surface area contributed by atoms with Gasteiger partial charge in [-0.05, 0) is 18.2 Å². The number of hydrogen-bond donors (Lipinski definition) is 3. The van der Waals surface area contributed by atoms with Crippen molar-refractivity contribution in [3.63, 3.8) is 0 Å². The van der Waals surface area contributed by atoms with Crippen molar-refractivity contribution < 1.29 is 5.11 Å². The van der Waals surface area contributed by atoms with Crippen molar-refractivity contribution in [1.82, 2.24) is 15.3 Å². The van der Waals surface area contributed by atoms with E-state index in [1.54, 1.807) is 6.07 Å². The van der Waals surface area contributed by atoms with Crippen LogP contribution in [0.25, 0.3) is 11.0 Å². The summed E-state index contributed by atoms with van der Waals surface area (Å²) in [6, 6.07) is 15.3. The van der Waals surface area contributed by atoms with Crippen molar-refractivity contribution in [2.45, 2.75) is 13.1 Å². The van der Waals surface area contributed by atoms with Crippen LogP contribution in [0.15, 0.2) is 48.5 Å². The molecular formula is C15H16ClN3O. The number of hydrogen-bond acceptors (Lipinski definition) is 3. The highest BCUT2D eigenvalue weighted by atomic mass is 35.5. The number of rotatable bonds is 4. The third kappa shape index (κ3) is 3.10. The van der Waals surface area contributed by atoms with Gasteiger partial charge in [0, 0.05) is 12.1 Å². The molecule has 1 aromatic heterocycles. The van der Waals surface area contributed by atoms with E-state index in [9.17, 15) is 5.11 Å². The van der Waals surface area contributed by atoms with E-state index in [-0.39, 0.29) is 12.4 Å². The highest BCUT2D eigenvalue weighted by molar-refractivity contribution is 5.85. The van der Waals surface area contributed by atoms with E-state index >= 15 is 0 Å². The van der Waals surface area contributed by atoms with Gasteiger partial charge in [-0.25, -0.2) is 4.98 Å². The SMILES string of the molecule is Cl.Oc1ccccc1CNCc1nc2ccccc2[nH]1. The second-order valence-electron chi connectivity index (χ2n) is 4.43. The van der Waals surface area contributed by atoms with Crippen LogP contribution in [0.3, 0.4) is 0 Å². The molecule has 0 fully saturated rings. The molecule has 0 aliphatic carbocycles. The van der Waals surface area contributed by atoms with Gasteiger partial charge in [-0.2, -0.15) is 0 Å². The monoisotopic (exact) mass is 289 g/mol. The van der Waals surface area contributed by atoms with Crippen LogP contribution >= 0.6 is 12.4 Å². The maximum Gasteiger partial charge on any atom is 0.121 e. The largest absolute Gasteiger partial charge is 0.508 e. The predicted molar refractivity (Wildman–Crippen MR) is 82.0 cm³/mol. The molecule has 0 unspecified atom stereocenters. The normalized spacial score (nSPS) is 10.4. The fourth-order valence-corrected chi connectivity index (χ4v) is 2.07. The maximum absolute atomic E-state index is 9.66. The third-order valence-corrected chi connectivity index (χ3v) is 3.04. The molecule has 5 heteroatoms. The molecule has 3 aromatic rings. The first-order chi connectivity index (χ1) is 9.33. The molecular weight excluding hydrogens is 274 g/mol. The number of aromatic hydroxyl groups is 1. The summed E-state index contributed by atoms with van der Waals surface area (Å²) in [6.07, 6.45) is 0. The molecule has 0 atom stereocenters. The molecule has 3 rings (SSSR count). The van der Waals surface area contributed by atoms with Gasteiger partial charge in [0.15, 0.2) is 0 Å². The number of phenols is 1. The number of phenolic OH excluding ortho intramolecular Hbond substituents is 1. The predicted octanol–water partition coefficient (Wildman–Crippen LogP) is 2.98.